The Labute approximate surface area is 136 Å². The topological polar surface area (TPSA) is 47.7 Å². The summed E-state index contributed by atoms with van der Waals surface area (Å²) in [5, 5.41) is 0. The summed E-state index contributed by atoms with van der Waals surface area (Å²) in [5.74, 6) is 1.84. The van der Waals surface area contributed by atoms with Crippen molar-refractivity contribution >= 4 is 0 Å². The first-order valence-corrected chi connectivity index (χ1v) is 8.27. The molecule has 23 heavy (non-hydrogen) atoms. The Morgan fingerprint density at radius 3 is 3.17 bits per heavy atom. The van der Waals surface area contributed by atoms with E-state index in [-0.39, 0.29) is 11.7 Å². The summed E-state index contributed by atoms with van der Waals surface area (Å²) in [5.41, 5.74) is -0.0717. The molecule has 0 radical (unpaired) electrons. The summed E-state index contributed by atoms with van der Waals surface area (Å²) < 4.78 is 17.7. The van der Waals surface area contributed by atoms with Crippen molar-refractivity contribution in [3.63, 3.8) is 0 Å². The first-order chi connectivity index (χ1) is 11.3. The van der Waals surface area contributed by atoms with E-state index in [0.29, 0.717) is 6.61 Å². The first kappa shape index (κ1) is 14.7. The van der Waals surface area contributed by atoms with Crippen molar-refractivity contribution in [2.24, 2.45) is 0 Å². The SMILES string of the molecule is c1cncc(O[C@H]2CO[C@@]3(CCCN(Cc4ccco4)C3)C2)c1. The van der Waals surface area contributed by atoms with E-state index in [4.69, 9.17) is 13.9 Å². The summed E-state index contributed by atoms with van der Waals surface area (Å²) in [6.07, 6.45) is 8.56. The van der Waals surface area contributed by atoms with Crippen molar-refractivity contribution in [2.75, 3.05) is 19.7 Å². The third kappa shape index (κ3) is 3.41. The maximum atomic E-state index is 6.20. The maximum absolute atomic E-state index is 6.20. The van der Waals surface area contributed by atoms with Gasteiger partial charge in [0.1, 0.15) is 17.6 Å². The molecule has 1 spiro atoms. The molecule has 0 unspecified atom stereocenters. The minimum absolute atomic E-state index is 0.0717. The average Bonchev–Trinajstić information content (AvgIpc) is 3.19. The summed E-state index contributed by atoms with van der Waals surface area (Å²) in [6.45, 7) is 3.55. The number of hydrogen-bond donors (Lipinski definition) is 0. The number of pyridine rings is 1. The third-order valence-electron chi connectivity index (χ3n) is 4.69. The molecule has 2 aliphatic rings. The van der Waals surface area contributed by atoms with Crippen molar-refractivity contribution in [2.45, 2.75) is 37.5 Å². The van der Waals surface area contributed by atoms with E-state index >= 15 is 0 Å². The highest BCUT2D eigenvalue weighted by Gasteiger charge is 2.44. The van der Waals surface area contributed by atoms with Gasteiger partial charge in [-0.1, -0.05) is 0 Å². The number of likely N-dealkylation sites (tertiary alicyclic amines) is 1. The normalized spacial score (nSPS) is 28.3. The van der Waals surface area contributed by atoms with E-state index in [1.165, 1.54) is 0 Å². The molecule has 0 bridgehead atoms. The van der Waals surface area contributed by atoms with Crippen LogP contribution < -0.4 is 4.74 Å². The van der Waals surface area contributed by atoms with Crippen molar-refractivity contribution in [1.82, 2.24) is 9.88 Å². The number of piperidine rings is 1. The molecule has 2 aromatic rings. The van der Waals surface area contributed by atoms with Gasteiger partial charge in [-0.15, -0.1) is 0 Å². The van der Waals surface area contributed by atoms with Gasteiger partial charge in [-0.25, -0.2) is 0 Å². The van der Waals surface area contributed by atoms with Crippen LogP contribution in [-0.4, -0.2) is 41.3 Å². The molecule has 0 N–H and O–H groups in total. The second kappa shape index (κ2) is 6.34. The molecule has 4 rings (SSSR count). The van der Waals surface area contributed by atoms with Crippen molar-refractivity contribution in [3.8, 4) is 5.75 Å². The highest BCUT2D eigenvalue weighted by Crippen LogP contribution is 2.36. The Hall–Kier alpha value is -1.85. The van der Waals surface area contributed by atoms with Crippen LogP contribution >= 0.6 is 0 Å². The van der Waals surface area contributed by atoms with Crippen molar-refractivity contribution in [1.29, 1.82) is 0 Å². The molecule has 2 aromatic heterocycles. The van der Waals surface area contributed by atoms with Crippen LogP contribution in [0.15, 0.2) is 47.3 Å². The number of ether oxygens (including phenoxy) is 2. The molecule has 0 aromatic carbocycles. The zero-order valence-corrected chi connectivity index (χ0v) is 13.2. The summed E-state index contributed by atoms with van der Waals surface area (Å²) in [6, 6.07) is 7.82. The number of furan rings is 1. The van der Waals surface area contributed by atoms with Gasteiger partial charge in [0.05, 0.1) is 31.2 Å². The van der Waals surface area contributed by atoms with Crippen LogP contribution in [0.5, 0.6) is 5.75 Å². The summed E-state index contributed by atoms with van der Waals surface area (Å²) in [7, 11) is 0. The number of nitrogens with zero attached hydrogens (tertiary/aromatic N) is 2. The monoisotopic (exact) mass is 314 g/mol. The predicted molar refractivity (Wildman–Crippen MR) is 85.2 cm³/mol. The molecular weight excluding hydrogens is 292 g/mol. The molecule has 2 aliphatic heterocycles. The van der Waals surface area contributed by atoms with Crippen LogP contribution in [0.4, 0.5) is 0 Å². The zero-order valence-electron chi connectivity index (χ0n) is 13.2. The lowest BCUT2D eigenvalue weighted by Crippen LogP contribution is -2.47. The van der Waals surface area contributed by atoms with E-state index in [2.05, 4.69) is 9.88 Å². The van der Waals surface area contributed by atoms with Gasteiger partial charge in [-0.3, -0.25) is 9.88 Å². The lowest BCUT2D eigenvalue weighted by molar-refractivity contribution is -0.0549. The Balaban J connectivity index is 1.37. The third-order valence-corrected chi connectivity index (χ3v) is 4.69. The Bertz CT molecular complexity index is 616. The van der Waals surface area contributed by atoms with Gasteiger partial charge in [0.15, 0.2) is 0 Å². The van der Waals surface area contributed by atoms with E-state index in [9.17, 15) is 0 Å². The van der Waals surface area contributed by atoms with Gasteiger partial charge in [0.25, 0.3) is 0 Å². The van der Waals surface area contributed by atoms with E-state index in [0.717, 1.165) is 50.4 Å². The van der Waals surface area contributed by atoms with Crippen LogP contribution in [0.25, 0.3) is 0 Å². The number of aromatic nitrogens is 1. The Morgan fingerprint density at radius 1 is 1.35 bits per heavy atom. The molecule has 0 saturated carbocycles. The van der Waals surface area contributed by atoms with E-state index in [1.54, 1.807) is 18.7 Å². The van der Waals surface area contributed by atoms with Crippen LogP contribution in [0.3, 0.4) is 0 Å². The number of rotatable bonds is 4. The quantitative estimate of drug-likeness (QED) is 0.868. The zero-order chi connectivity index (χ0) is 15.5. The molecule has 122 valence electrons. The van der Waals surface area contributed by atoms with Crippen molar-refractivity contribution < 1.29 is 13.9 Å². The van der Waals surface area contributed by atoms with Crippen molar-refractivity contribution in [3.05, 3.63) is 48.7 Å². The first-order valence-electron chi connectivity index (χ1n) is 8.27. The van der Waals surface area contributed by atoms with Crippen LogP contribution in [0.1, 0.15) is 25.0 Å². The fourth-order valence-electron chi connectivity index (χ4n) is 3.72. The minimum Gasteiger partial charge on any atom is -0.486 e. The second-order valence-corrected chi connectivity index (χ2v) is 6.52. The van der Waals surface area contributed by atoms with Gasteiger partial charge in [0, 0.05) is 19.2 Å². The molecule has 2 fully saturated rings. The molecule has 0 aliphatic carbocycles. The predicted octanol–water partition coefficient (Wildman–Crippen LogP) is 2.88. The fraction of sp³-hybridized carbons (Fsp3) is 0.500. The van der Waals surface area contributed by atoms with E-state index < -0.39 is 0 Å². The fourth-order valence-corrected chi connectivity index (χ4v) is 3.72. The molecule has 5 nitrogen and oxygen atoms in total. The smallest absolute Gasteiger partial charge is 0.138 e. The maximum Gasteiger partial charge on any atom is 0.138 e. The van der Waals surface area contributed by atoms with Gasteiger partial charge in [-0.05, 0) is 43.7 Å². The second-order valence-electron chi connectivity index (χ2n) is 6.52. The standard InChI is InChI=1S/C18H22N2O3/c1-4-15(11-19-7-1)23-17-10-18(22-13-17)6-3-8-20(14-18)12-16-5-2-9-21-16/h1-2,4-5,7,9,11,17H,3,6,8,10,12-14H2/t17-,18+/m1/s1. The molecular formula is C18H22N2O3. The van der Waals surface area contributed by atoms with Gasteiger partial charge in [-0.2, -0.15) is 0 Å². The summed E-state index contributed by atoms with van der Waals surface area (Å²) in [4.78, 5) is 6.53. The average molecular weight is 314 g/mol. The van der Waals surface area contributed by atoms with Crippen LogP contribution in [-0.2, 0) is 11.3 Å². The highest BCUT2D eigenvalue weighted by molar-refractivity contribution is 5.16. The van der Waals surface area contributed by atoms with E-state index in [1.807, 2.05) is 24.3 Å². The minimum atomic E-state index is -0.0717. The molecule has 2 saturated heterocycles. The van der Waals surface area contributed by atoms with Gasteiger partial charge in [0.2, 0.25) is 0 Å². The highest BCUT2D eigenvalue weighted by atomic mass is 16.6. The molecule has 4 heterocycles. The van der Waals surface area contributed by atoms with Crippen LogP contribution in [0, 0.1) is 0 Å². The Kier molecular flexibility index (Phi) is 4.06. The largest absolute Gasteiger partial charge is 0.486 e. The molecule has 5 heteroatoms. The number of hydrogen-bond acceptors (Lipinski definition) is 5. The Morgan fingerprint density at radius 2 is 2.35 bits per heavy atom. The molecule has 2 atom stereocenters. The lowest BCUT2D eigenvalue weighted by Gasteiger charge is -2.39. The summed E-state index contributed by atoms with van der Waals surface area (Å²) >= 11 is 0. The molecule has 0 amide bonds. The van der Waals surface area contributed by atoms with Gasteiger partial charge >= 0.3 is 0 Å². The lowest BCUT2D eigenvalue weighted by atomic mass is 9.89. The van der Waals surface area contributed by atoms with Crippen LogP contribution in [0.2, 0.25) is 0 Å². The van der Waals surface area contributed by atoms with Gasteiger partial charge < -0.3 is 13.9 Å².